The number of aromatic nitrogens is 1. The van der Waals surface area contributed by atoms with Gasteiger partial charge in [0.2, 0.25) is 0 Å². The van der Waals surface area contributed by atoms with Crippen molar-refractivity contribution in [2.75, 3.05) is 11.9 Å². The Bertz CT molecular complexity index is 1460. The van der Waals surface area contributed by atoms with Gasteiger partial charge in [0.1, 0.15) is 10.8 Å². The molecule has 1 fully saturated rings. The van der Waals surface area contributed by atoms with Crippen molar-refractivity contribution < 1.29 is 14.3 Å². The van der Waals surface area contributed by atoms with Crippen LogP contribution in [-0.2, 0) is 6.42 Å². The fourth-order valence-electron chi connectivity index (χ4n) is 4.45. The third kappa shape index (κ3) is 4.71. The number of benzene rings is 2. The minimum absolute atomic E-state index is 0.111. The van der Waals surface area contributed by atoms with Gasteiger partial charge in [-0.2, -0.15) is 0 Å². The summed E-state index contributed by atoms with van der Waals surface area (Å²) in [4.78, 5) is 32.7. The van der Waals surface area contributed by atoms with Gasteiger partial charge >= 0.3 is 0 Å². The Labute approximate surface area is 214 Å². The van der Waals surface area contributed by atoms with Crippen molar-refractivity contribution >= 4 is 39.1 Å². The van der Waals surface area contributed by atoms with Crippen LogP contribution in [0, 0.1) is 6.92 Å². The third-order valence-corrected chi connectivity index (χ3v) is 7.42. The van der Waals surface area contributed by atoms with Crippen molar-refractivity contribution in [3.63, 3.8) is 0 Å². The van der Waals surface area contributed by atoms with E-state index in [1.165, 1.54) is 11.3 Å². The molecule has 36 heavy (non-hydrogen) atoms. The highest BCUT2D eigenvalue weighted by atomic mass is 32.1. The van der Waals surface area contributed by atoms with E-state index in [4.69, 9.17) is 9.72 Å². The molecule has 1 aliphatic carbocycles. The van der Waals surface area contributed by atoms with E-state index in [1.54, 1.807) is 6.07 Å². The summed E-state index contributed by atoms with van der Waals surface area (Å²) in [5.74, 6) is 0.336. The molecule has 5 rings (SSSR count). The number of ether oxygens (including phenoxy) is 1. The van der Waals surface area contributed by atoms with E-state index in [-0.39, 0.29) is 17.9 Å². The molecule has 2 aromatic carbocycles. The summed E-state index contributed by atoms with van der Waals surface area (Å²) in [6.07, 6.45) is 2.74. The van der Waals surface area contributed by atoms with E-state index in [9.17, 15) is 9.59 Å². The molecule has 4 aromatic rings. The van der Waals surface area contributed by atoms with Crippen LogP contribution in [0.2, 0.25) is 0 Å². The molecule has 0 aliphatic heterocycles. The number of aryl methyl sites for hydroxylation is 1. The SMILES string of the molecule is CCOc1ccccc1-c1cc(C(=O)Nc2sc(C)c(CC)c2C(=O)NC2CC2)c2ccccc2n1. The largest absolute Gasteiger partial charge is 0.493 e. The molecule has 2 heterocycles. The van der Waals surface area contributed by atoms with Crippen molar-refractivity contribution in [2.45, 2.75) is 46.1 Å². The van der Waals surface area contributed by atoms with Crippen LogP contribution in [0.5, 0.6) is 5.75 Å². The molecule has 0 spiro atoms. The second kappa shape index (κ2) is 10.1. The summed E-state index contributed by atoms with van der Waals surface area (Å²) in [6, 6.07) is 17.3. The second-order valence-electron chi connectivity index (χ2n) is 8.90. The number of fused-ring (bicyclic) bond motifs is 1. The first-order chi connectivity index (χ1) is 17.5. The van der Waals surface area contributed by atoms with E-state index < -0.39 is 0 Å². The van der Waals surface area contributed by atoms with E-state index in [0.717, 1.165) is 51.9 Å². The van der Waals surface area contributed by atoms with Crippen LogP contribution in [0.25, 0.3) is 22.2 Å². The van der Waals surface area contributed by atoms with Crippen LogP contribution in [0.15, 0.2) is 54.6 Å². The van der Waals surface area contributed by atoms with E-state index in [0.29, 0.717) is 28.4 Å². The number of carbonyl (C=O) groups is 2. The molecule has 0 radical (unpaired) electrons. The van der Waals surface area contributed by atoms with Crippen LogP contribution < -0.4 is 15.4 Å². The van der Waals surface area contributed by atoms with Crippen molar-refractivity contribution in [1.82, 2.24) is 10.3 Å². The van der Waals surface area contributed by atoms with E-state index in [1.807, 2.05) is 69.3 Å². The number of rotatable bonds is 8. The maximum absolute atomic E-state index is 13.7. The first-order valence-corrected chi connectivity index (χ1v) is 13.2. The summed E-state index contributed by atoms with van der Waals surface area (Å²) in [6.45, 7) is 6.50. The molecule has 1 aliphatic rings. The van der Waals surface area contributed by atoms with Crippen LogP contribution in [-0.4, -0.2) is 29.4 Å². The Hall–Kier alpha value is -3.71. The van der Waals surface area contributed by atoms with Crippen molar-refractivity contribution in [1.29, 1.82) is 0 Å². The lowest BCUT2D eigenvalue weighted by atomic mass is 10.0. The zero-order chi connectivity index (χ0) is 25.2. The lowest BCUT2D eigenvalue weighted by Gasteiger charge is -2.13. The molecule has 184 valence electrons. The fourth-order valence-corrected chi connectivity index (χ4v) is 5.59. The Kier molecular flexibility index (Phi) is 6.74. The Balaban J connectivity index is 1.57. The highest BCUT2D eigenvalue weighted by Crippen LogP contribution is 2.36. The maximum Gasteiger partial charge on any atom is 0.257 e. The molecular formula is C29H29N3O3S. The van der Waals surface area contributed by atoms with Crippen molar-refractivity contribution in [3.8, 4) is 17.0 Å². The molecule has 2 amide bonds. The minimum atomic E-state index is -0.270. The predicted molar refractivity (Wildman–Crippen MR) is 145 cm³/mol. The lowest BCUT2D eigenvalue weighted by Crippen LogP contribution is -2.27. The monoisotopic (exact) mass is 499 g/mol. The highest BCUT2D eigenvalue weighted by Gasteiger charge is 2.29. The molecule has 2 N–H and O–H groups in total. The molecule has 2 aromatic heterocycles. The van der Waals surface area contributed by atoms with Gasteiger partial charge in [0.25, 0.3) is 11.8 Å². The van der Waals surface area contributed by atoms with Gasteiger partial charge in [-0.3, -0.25) is 9.59 Å². The van der Waals surface area contributed by atoms with Gasteiger partial charge in [-0.15, -0.1) is 11.3 Å². The molecule has 1 saturated carbocycles. The van der Waals surface area contributed by atoms with Gasteiger partial charge in [-0.05, 0) is 62.9 Å². The third-order valence-electron chi connectivity index (χ3n) is 6.35. The average molecular weight is 500 g/mol. The topological polar surface area (TPSA) is 80.3 Å². The van der Waals surface area contributed by atoms with Gasteiger partial charge in [-0.25, -0.2) is 4.98 Å². The van der Waals surface area contributed by atoms with Crippen LogP contribution in [0.3, 0.4) is 0 Å². The fraction of sp³-hybridized carbons (Fsp3) is 0.276. The zero-order valence-corrected chi connectivity index (χ0v) is 21.5. The van der Waals surface area contributed by atoms with Crippen LogP contribution >= 0.6 is 11.3 Å². The van der Waals surface area contributed by atoms with Crippen LogP contribution in [0.4, 0.5) is 5.00 Å². The van der Waals surface area contributed by atoms with E-state index >= 15 is 0 Å². The number of hydrogen-bond donors (Lipinski definition) is 2. The first kappa shape index (κ1) is 24.0. The lowest BCUT2D eigenvalue weighted by molar-refractivity contribution is 0.0951. The van der Waals surface area contributed by atoms with Crippen molar-refractivity contribution in [3.05, 3.63) is 76.2 Å². The van der Waals surface area contributed by atoms with Gasteiger partial charge in [0.15, 0.2) is 0 Å². The van der Waals surface area contributed by atoms with Gasteiger partial charge in [-0.1, -0.05) is 37.3 Å². The Morgan fingerprint density at radius 2 is 1.81 bits per heavy atom. The summed E-state index contributed by atoms with van der Waals surface area (Å²) in [5.41, 5.74) is 4.27. The minimum Gasteiger partial charge on any atom is -0.493 e. The Morgan fingerprint density at radius 1 is 1.06 bits per heavy atom. The zero-order valence-electron chi connectivity index (χ0n) is 20.7. The number of anilines is 1. The molecule has 0 saturated heterocycles. The normalized spacial score (nSPS) is 13.0. The standard InChI is InChI=1S/C29H29N3O3S/c1-4-19-17(3)36-29(26(19)28(34)30-18-14-15-18)32-27(33)22-16-24(31-23-12-8-6-10-20(22)23)21-11-7-9-13-25(21)35-5-2/h6-13,16,18H,4-5,14-15H2,1-3H3,(H,30,34)(H,32,33). The van der Waals surface area contributed by atoms with Gasteiger partial charge in [0, 0.05) is 21.9 Å². The first-order valence-electron chi connectivity index (χ1n) is 12.4. The second-order valence-corrected chi connectivity index (χ2v) is 10.1. The van der Waals surface area contributed by atoms with Gasteiger partial charge in [0.05, 0.1) is 28.9 Å². The Morgan fingerprint density at radius 3 is 2.56 bits per heavy atom. The quantitative estimate of drug-likeness (QED) is 0.295. The van der Waals surface area contributed by atoms with Gasteiger partial charge < -0.3 is 15.4 Å². The highest BCUT2D eigenvalue weighted by molar-refractivity contribution is 7.16. The average Bonchev–Trinajstić information content (AvgIpc) is 3.64. The molecular weight excluding hydrogens is 470 g/mol. The number of thiophene rings is 1. The molecule has 0 unspecified atom stereocenters. The smallest absolute Gasteiger partial charge is 0.257 e. The number of pyridine rings is 1. The van der Waals surface area contributed by atoms with Crippen LogP contribution in [0.1, 0.15) is 57.8 Å². The molecule has 0 atom stereocenters. The number of para-hydroxylation sites is 2. The summed E-state index contributed by atoms with van der Waals surface area (Å²) in [7, 11) is 0. The number of carbonyl (C=O) groups excluding carboxylic acids is 2. The number of nitrogens with zero attached hydrogens (tertiary/aromatic N) is 1. The summed E-state index contributed by atoms with van der Waals surface area (Å²) < 4.78 is 5.82. The predicted octanol–water partition coefficient (Wildman–Crippen LogP) is 6.38. The number of hydrogen-bond acceptors (Lipinski definition) is 5. The number of amides is 2. The molecule has 0 bridgehead atoms. The number of nitrogens with one attached hydrogen (secondary N) is 2. The maximum atomic E-state index is 13.7. The molecule has 7 heteroatoms. The molecule has 6 nitrogen and oxygen atoms in total. The van der Waals surface area contributed by atoms with Crippen molar-refractivity contribution in [2.24, 2.45) is 0 Å². The summed E-state index contributed by atoms with van der Waals surface area (Å²) in [5, 5.41) is 7.49. The van der Waals surface area contributed by atoms with E-state index in [2.05, 4.69) is 10.6 Å². The summed E-state index contributed by atoms with van der Waals surface area (Å²) >= 11 is 1.45.